The Labute approximate surface area is 153 Å². The van der Waals surface area contributed by atoms with Gasteiger partial charge in [-0.1, -0.05) is 53.7 Å². The third kappa shape index (κ3) is 2.70. The second-order valence-corrected chi connectivity index (χ2v) is 6.89. The molecule has 0 aliphatic carbocycles. The smallest absolute Gasteiger partial charge is 0.187 e. The van der Waals surface area contributed by atoms with Crippen molar-refractivity contribution in [2.24, 2.45) is 0 Å². The van der Waals surface area contributed by atoms with E-state index in [1.807, 2.05) is 28.9 Å². The Kier molecular flexibility index (Phi) is 3.61. The van der Waals surface area contributed by atoms with E-state index in [1.165, 1.54) is 10.8 Å². The maximum Gasteiger partial charge on any atom is 0.187 e. The molecule has 0 unspecified atom stereocenters. The van der Waals surface area contributed by atoms with Crippen LogP contribution in [-0.2, 0) is 6.54 Å². The third-order valence-corrected chi connectivity index (χ3v) is 5.12. The van der Waals surface area contributed by atoms with Crippen molar-refractivity contribution in [2.45, 2.75) is 6.54 Å². The van der Waals surface area contributed by atoms with Gasteiger partial charge < -0.3 is 5.32 Å². The maximum absolute atomic E-state index is 4.71. The molecule has 5 rings (SSSR count). The zero-order valence-corrected chi connectivity index (χ0v) is 14.6. The standard InChI is InChI=1S/C20H15N5S/c1-2-8-16-14(6-1)7-5-10-17(16)22-20-21-15(13-26-20)12-25-19-11-4-3-9-18(19)23-24-25/h1-11,13H,12H2,(H,21,22). The monoisotopic (exact) mass is 357 g/mol. The molecule has 3 aromatic carbocycles. The van der Waals surface area contributed by atoms with Crippen LogP contribution >= 0.6 is 11.3 Å². The molecule has 0 bridgehead atoms. The van der Waals surface area contributed by atoms with E-state index in [1.54, 1.807) is 11.3 Å². The Morgan fingerprint density at radius 1 is 0.923 bits per heavy atom. The summed E-state index contributed by atoms with van der Waals surface area (Å²) in [6.07, 6.45) is 0. The molecule has 0 saturated carbocycles. The van der Waals surface area contributed by atoms with Gasteiger partial charge in [-0.2, -0.15) is 0 Å². The molecule has 0 aliphatic rings. The van der Waals surface area contributed by atoms with Crippen LogP contribution in [0.1, 0.15) is 5.69 Å². The number of para-hydroxylation sites is 1. The Balaban J connectivity index is 1.41. The van der Waals surface area contributed by atoms with E-state index >= 15 is 0 Å². The normalized spacial score (nSPS) is 11.2. The molecule has 2 aromatic heterocycles. The number of hydrogen-bond donors (Lipinski definition) is 1. The first-order valence-corrected chi connectivity index (χ1v) is 9.22. The summed E-state index contributed by atoms with van der Waals surface area (Å²) in [6.45, 7) is 0.605. The number of hydrogen-bond acceptors (Lipinski definition) is 5. The minimum absolute atomic E-state index is 0.605. The molecule has 2 heterocycles. The summed E-state index contributed by atoms with van der Waals surface area (Å²) in [6, 6.07) is 22.5. The quantitative estimate of drug-likeness (QED) is 0.500. The van der Waals surface area contributed by atoms with Gasteiger partial charge in [0.1, 0.15) is 5.52 Å². The van der Waals surface area contributed by atoms with Crippen LogP contribution in [0.2, 0.25) is 0 Å². The fourth-order valence-corrected chi connectivity index (χ4v) is 3.79. The molecule has 0 radical (unpaired) electrons. The van der Waals surface area contributed by atoms with Crippen LogP contribution in [0.15, 0.2) is 72.1 Å². The first-order valence-electron chi connectivity index (χ1n) is 8.34. The molecule has 126 valence electrons. The summed E-state index contributed by atoms with van der Waals surface area (Å²) in [7, 11) is 0. The van der Waals surface area contributed by atoms with Crippen molar-refractivity contribution in [1.82, 2.24) is 20.0 Å². The van der Waals surface area contributed by atoms with E-state index in [0.29, 0.717) is 6.54 Å². The fraction of sp³-hybridized carbons (Fsp3) is 0.0500. The number of rotatable bonds is 4. The fourth-order valence-electron chi connectivity index (χ4n) is 3.07. The molecular formula is C20H15N5S. The molecule has 0 aliphatic heterocycles. The number of anilines is 2. The van der Waals surface area contributed by atoms with Gasteiger partial charge in [0.15, 0.2) is 5.13 Å². The van der Waals surface area contributed by atoms with E-state index in [9.17, 15) is 0 Å². The van der Waals surface area contributed by atoms with E-state index < -0.39 is 0 Å². The topological polar surface area (TPSA) is 55.6 Å². The van der Waals surface area contributed by atoms with Crippen molar-refractivity contribution in [3.63, 3.8) is 0 Å². The predicted molar refractivity (Wildman–Crippen MR) is 106 cm³/mol. The average molecular weight is 357 g/mol. The highest BCUT2D eigenvalue weighted by Crippen LogP contribution is 2.28. The van der Waals surface area contributed by atoms with Crippen LogP contribution in [0.4, 0.5) is 10.8 Å². The molecule has 6 heteroatoms. The zero-order valence-electron chi connectivity index (χ0n) is 13.8. The van der Waals surface area contributed by atoms with Crippen molar-refractivity contribution in [1.29, 1.82) is 0 Å². The molecule has 5 nitrogen and oxygen atoms in total. The van der Waals surface area contributed by atoms with Crippen LogP contribution < -0.4 is 5.32 Å². The molecule has 0 amide bonds. The summed E-state index contributed by atoms with van der Waals surface area (Å²) in [4.78, 5) is 4.71. The van der Waals surface area contributed by atoms with Gasteiger partial charge in [0.2, 0.25) is 0 Å². The van der Waals surface area contributed by atoms with Gasteiger partial charge in [-0.3, -0.25) is 0 Å². The lowest BCUT2D eigenvalue weighted by molar-refractivity contribution is 0.661. The van der Waals surface area contributed by atoms with E-state index in [2.05, 4.69) is 63.5 Å². The Morgan fingerprint density at radius 2 is 1.77 bits per heavy atom. The molecule has 0 fully saturated rings. The van der Waals surface area contributed by atoms with E-state index in [-0.39, 0.29) is 0 Å². The highest BCUT2D eigenvalue weighted by atomic mass is 32.1. The van der Waals surface area contributed by atoms with Crippen molar-refractivity contribution in [3.8, 4) is 0 Å². The van der Waals surface area contributed by atoms with Crippen molar-refractivity contribution >= 4 is 44.0 Å². The highest BCUT2D eigenvalue weighted by molar-refractivity contribution is 7.13. The highest BCUT2D eigenvalue weighted by Gasteiger charge is 2.08. The van der Waals surface area contributed by atoms with Crippen LogP contribution in [0.25, 0.3) is 21.8 Å². The zero-order chi connectivity index (χ0) is 17.3. The maximum atomic E-state index is 4.71. The number of nitrogens with zero attached hydrogens (tertiary/aromatic N) is 4. The number of aromatic nitrogens is 4. The first-order chi connectivity index (χ1) is 12.9. The van der Waals surface area contributed by atoms with Gasteiger partial charge in [-0.05, 0) is 23.6 Å². The summed E-state index contributed by atoms with van der Waals surface area (Å²) in [5, 5.41) is 17.2. The number of nitrogens with one attached hydrogen (secondary N) is 1. The van der Waals surface area contributed by atoms with Crippen LogP contribution in [0.3, 0.4) is 0 Å². The molecule has 1 N–H and O–H groups in total. The van der Waals surface area contributed by atoms with E-state index in [0.717, 1.165) is 27.5 Å². The minimum Gasteiger partial charge on any atom is -0.331 e. The molecule has 0 saturated heterocycles. The van der Waals surface area contributed by atoms with Crippen LogP contribution in [0, 0.1) is 0 Å². The first kappa shape index (κ1) is 15.0. The molecule has 5 aromatic rings. The van der Waals surface area contributed by atoms with Gasteiger partial charge in [0.25, 0.3) is 0 Å². The van der Waals surface area contributed by atoms with Crippen molar-refractivity contribution < 1.29 is 0 Å². The van der Waals surface area contributed by atoms with Gasteiger partial charge in [0, 0.05) is 16.5 Å². The molecular weight excluding hydrogens is 342 g/mol. The lowest BCUT2D eigenvalue weighted by Crippen LogP contribution is -2.02. The minimum atomic E-state index is 0.605. The molecule has 26 heavy (non-hydrogen) atoms. The largest absolute Gasteiger partial charge is 0.331 e. The average Bonchev–Trinajstić information content (AvgIpc) is 3.30. The molecule has 0 spiro atoms. The second kappa shape index (κ2) is 6.24. The lowest BCUT2D eigenvalue weighted by Gasteiger charge is -2.07. The SMILES string of the molecule is c1ccc2c(Nc3nc(Cn4nnc5ccccc54)cs3)cccc2c1. The van der Waals surface area contributed by atoms with Gasteiger partial charge in [-0.25, -0.2) is 9.67 Å². The van der Waals surface area contributed by atoms with Crippen molar-refractivity contribution in [3.05, 3.63) is 77.8 Å². The summed E-state index contributed by atoms with van der Waals surface area (Å²) in [5.41, 5.74) is 3.95. The third-order valence-electron chi connectivity index (χ3n) is 4.31. The van der Waals surface area contributed by atoms with Gasteiger partial charge >= 0.3 is 0 Å². The summed E-state index contributed by atoms with van der Waals surface area (Å²) >= 11 is 1.60. The number of thiazole rings is 1. The Bertz CT molecular complexity index is 1200. The van der Waals surface area contributed by atoms with Crippen molar-refractivity contribution in [2.75, 3.05) is 5.32 Å². The van der Waals surface area contributed by atoms with Crippen LogP contribution in [0.5, 0.6) is 0 Å². The summed E-state index contributed by atoms with van der Waals surface area (Å²) in [5.74, 6) is 0. The van der Waals surface area contributed by atoms with Gasteiger partial charge in [0.05, 0.1) is 17.8 Å². The van der Waals surface area contributed by atoms with Gasteiger partial charge in [-0.15, -0.1) is 16.4 Å². The molecule has 0 atom stereocenters. The predicted octanol–water partition coefficient (Wildman–Crippen LogP) is 4.83. The Hall–Kier alpha value is -3.25. The van der Waals surface area contributed by atoms with E-state index in [4.69, 9.17) is 4.98 Å². The Morgan fingerprint density at radius 3 is 2.77 bits per heavy atom. The lowest BCUT2D eigenvalue weighted by atomic mass is 10.1. The number of fused-ring (bicyclic) bond motifs is 2. The number of benzene rings is 3. The second-order valence-electron chi connectivity index (χ2n) is 6.03. The van der Waals surface area contributed by atoms with Crippen LogP contribution in [-0.4, -0.2) is 20.0 Å². The summed E-state index contributed by atoms with van der Waals surface area (Å²) < 4.78 is 1.88.